The summed E-state index contributed by atoms with van der Waals surface area (Å²) in [6.07, 6.45) is 1.57. The minimum Gasteiger partial charge on any atom is -0.246 e. The summed E-state index contributed by atoms with van der Waals surface area (Å²) in [7, 11) is 0. The molecule has 0 aliphatic rings. The van der Waals surface area contributed by atoms with Gasteiger partial charge in [-0.05, 0) is 35.4 Å². The first-order chi connectivity index (χ1) is 7.29. The van der Waals surface area contributed by atoms with E-state index in [0.29, 0.717) is 5.69 Å². The summed E-state index contributed by atoms with van der Waals surface area (Å²) in [5.41, 5.74) is 2.09. The molecule has 15 heavy (non-hydrogen) atoms. The molecule has 1 aromatic heterocycles. The highest BCUT2D eigenvalue weighted by Crippen LogP contribution is 2.19. The number of halogens is 1. The van der Waals surface area contributed by atoms with Crippen molar-refractivity contribution in [1.29, 1.82) is 5.26 Å². The van der Waals surface area contributed by atoms with Crippen LogP contribution in [0.1, 0.15) is 5.69 Å². The monoisotopic (exact) mass is 198 g/mol. The van der Waals surface area contributed by atoms with Gasteiger partial charge in [0.2, 0.25) is 0 Å². The van der Waals surface area contributed by atoms with Crippen molar-refractivity contribution in [3.8, 4) is 17.2 Å². The molecular weight excluding hydrogens is 191 g/mol. The highest BCUT2D eigenvalue weighted by Gasteiger charge is 1.99. The maximum atomic E-state index is 12.7. The van der Waals surface area contributed by atoms with Crippen molar-refractivity contribution >= 4 is 0 Å². The average molecular weight is 198 g/mol. The van der Waals surface area contributed by atoms with Gasteiger partial charge in [0.25, 0.3) is 0 Å². The van der Waals surface area contributed by atoms with Crippen molar-refractivity contribution < 1.29 is 4.39 Å². The van der Waals surface area contributed by atoms with E-state index in [1.165, 1.54) is 12.1 Å². The van der Waals surface area contributed by atoms with Crippen LogP contribution in [0, 0.1) is 17.1 Å². The Hall–Kier alpha value is -2.21. The molecule has 0 amide bonds. The van der Waals surface area contributed by atoms with E-state index in [1.54, 1.807) is 30.5 Å². The zero-order valence-electron chi connectivity index (χ0n) is 7.81. The predicted molar refractivity (Wildman–Crippen MR) is 54.3 cm³/mol. The first-order valence-corrected chi connectivity index (χ1v) is 4.42. The van der Waals surface area contributed by atoms with Crippen LogP contribution in [0.5, 0.6) is 0 Å². The number of aromatic nitrogens is 1. The Balaban J connectivity index is 2.46. The van der Waals surface area contributed by atoms with E-state index in [0.717, 1.165) is 11.1 Å². The lowest BCUT2D eigenvalue weighted by Crippen LogP contribution is -1.84. The van der Waals surface area contributed by atoms with Crippen LogP contribution in [0.4, 0.5) is 4.39 Å². The van der Waals surface area contributed by atoms with E-state index in [1.807, 2.05) is 6.07 Å². The van der Waals surface area contributed by atoms with Crippen molar-refractivity contribution in [2.24, 2.45) is 0 Å². The van der Waals surface area contributed by atoms with E-state index in [4.69, 9.17) is 5.26 Å². The molecule has 2 rings (SSSR count). The molecule has 0 spiro atoms. The molecular formula is C12H7FN2. The number of rotatable bonds is 1. The fourth-order valence-corrected chi connectivity index (χ4v) is 1.31. The van der Waals surface area contributed by atoms with E-state index in [9.17, 15) is 4.39 Å². The van der Waals surface area contributed by atoms with Crippen LogP contribution in [0.3, 0.4) is 0 Å². The van der Waals surface area contributed by atoms with Gasteiger partial charge >= 0.3 is 0 Å². The summed E-state index contributed by atoms with van der Waals surface area (Å²) in [6, 6.07) is 11.5. The van der Waals surface area contributed by atoms with Crippen molar-refractivity contribution in [2.75, 3.05) is 0 Å². The molecule has 1 heterocycles. The number of hydrogen-bond acceptors (Lipinski definition) is 2. The van der Waals surface area contributed by atoms with Gasteiger partial charge in [-0.3, -0.25) is 0 Å². The second kappa shape index (κ2) is 3.89. The van der Waals surface area contributed by atoms with E-state index in [2.05, 4.69) is 4.98 Å². The lowest BCUT2D eigenvalue weighted by molar-refractivity contribution is 0.628. The van der Waals surface area contributed by atoms with Gasteiger partial charge < -0.3 is 0 Å². The summed E-state index contributed by atoms with van der Waals surface area (Å²) in [5, 5.41) is 8.68. The highest BCUT2D eigenvalue weighted by molar-refractivity contribution is 5.63. The summed E-state index contributed by atoms with van der Waals surface area (Å²) < 4.78 is 12.7. The van der Waals surface area contributed by atoms with Gasteiger partial charge in [0.1, 0.15) is 17.6 Å². The number of pyridine rings is 1. The normalized spacial score (nSPS) is 9.60. The first kappa shape index (κ1) is 9.35. The van der Waals surface area contributed by atoms with Crippen LogP contribution >= 0.6 is 0 Å². The maximum absolute atomic E-state index is 12.7. The lowest BCUT2D eigenvalue weighted by Gasteiger charge is -2.00. The Kier molecular flexibility index (Phi) is 2.42. The van der Waals surface area contributed by atoms with E-state index in [-0.39, 0.29) is 5.82 Å². The molecule has 0 unspecified atom stereocenters. The molecule has 1 aromatic carbocycles. The van der Waals surface area contributed by atoms with Crippen LogP contribution in [-0.4, -0.2) is 4.98 Å². The molecule has 0 saturated carbocycles. The Morgan fingerprint density at radius 2 is 1.80 bits per heavy atom. The van der Waals surface area contributed by atoms with E-state index >= 15 is 0 Å². The lowest BCUT2D eigenvalue weighted by atomic mass is 10.1. The van der Waals surface area contributed by atoms with Gasteiger partial charge in [-0.15, -0.1) is 0 Å². The molecule has 0 N–H and O–H groups in total. The number of benzene rings is 1. The maximum Gasteiger partial charge on any atom is 0.141 e. The zero-order chi connectivity index (χ0) is 10.7. The fourth-order valence-electron chi connectivity index (χ4n) is 1.31. The second-order valence-electron chi connectivity index (χ2n) is 3.05. The highest BCUT2D eigenvalue weighted by atomic mass is 19.1. The summed E-state index contributed by atoms with van der Waals surface area (Å²) in [4.78, 5) is 3.87. The van der Waals surface area contributed by atoms with Crippen LogP contribution in [-0.2, 0) is 0 Å². The standard InChI is InChI=1S/C12H7FN2/c13-11-3-1-9(2-4-11)10-5-6-15-12(7-10)8-14/h1-7H. The largest absolute Gasteiger partial charge is 0.246 e. The Morgan fingerprint density at radius 3 is 2.47 bits per heavy atom. The third-order valence-electron chi connectivity index (χ3n) is 2.05. The minimum atomic E-state index is -0.270. The van der Waals surface area contributed by atoms with Crippen molar-refractivity contribution in [3.05, 3.63) is 54.1 Å². The van der Waals surface area contributed by atoms with Crippen molar-refractivity contribution in [1.82, 2.24) is 4.98 Å². The molecule has 0 bridgehead atoms. The minimum absolute atomic E-state index is 0.270. The molecule has 72 valence electrons. The molecule has 0 aliphatic carbocycles. The number of nitrogens with zero attached hydrogens (tertiary/aromatic N) is 2. The molecule has 0 radical (unpaired) electrons. The van der Waals surface area contributed by atoms with E-state index < -0.39 is 0 Å². The molecule has 0 saturated heterocycles. The number of hydrogen-bond donors (Lipinski definition) is 0. The van der Waals surface area contributed by atoms with Crippen molar-refractivity contribution in [3.63, 3.8) is 0 Å². The number of nitriles is 1. The quantitative estimate of drug-likeness (QED) is 0.706. The Bertz CT molecular complexity index is 512. The van der Waals surface area contributed by atoms with Gasteiger partial charge in [-0.1, -0.05) is 12.1 Å². The summed E-state index contributed by atoms with van der Waals surface area (Å²) in [6.45, 7) is 0. The van der Waals surface area contributed by atoms with Crippen LogP contribution < -0.4 is 0 Å². The first-order valence-electron chi connectivity index (χ1n) is 4.42. The van der Waals surface area contributed by atoms with Crippen LogP contribution in [0.2, 0.25) is 0 Å². The smallest absolute Gasteiger partial charge is 0.141 e. The van der Waals surface area contributed by atoms with Gasteiger partial charge in [0, 0.05) is 6.20 Å². The van der Waals surface area contributed by atoms with Gasteiger partial charge in [0.05, 0.1) is 0 Å². The molecule has 0 atom stereocenters. The summed E-state index contributed by atoms with van der Waals surface area (Å²) in [5.74, 6) is -0.270. The van der Waals surface area contributed by atoms with Gasteiger partial charge in [0.15, 0.2) is 0 Å². The zero-order valence-corrected chi connectivity index (χ0v) is 7.81. The Labute approximate surface area is 86.6 Å². The van der Waals surface area contributed by atoms with Crippen LogP contribution in [0.15, 0.2) is 42.6 Å². The third-order valence-corrected chi connectivity index (χ3v) is 2.05. The Morgan fingerprint density at radius 1 is 1.07 bits per heavy atom. The van der Waals surface area contributed by atoms with Crippen LogP contribution in [0.25, 0.3) is 11.1 Å². The second-order valence-corrected chi connectivity index (χ2v) is 3.05. The van der Waals surface area contributed by atoms with Crippen molar-refractivity contribution in [2.45, 2.75) is 0 Å². The fraction of sp³-hybridized carbons (Fsp3) is 0. The predicted octanol–water partition coefficient (Wildman–Crippen LogP) is 2.76. The summed E-state index contributed by atoms with van der Waals surface area (Å²) >= 11 is 0. The van der Waals surface area contributed by atoms with Gasteiger partial charge in [-0.25, -0.2) is 9.37 Å². The van der Waals surface area contributed by atoms with Gasteiger partial charge in [-0.2, -0.15) is 5.26 Å². The molecule has 0 aliphatic heterocycles. The topological polar surface area (TPSA) is 36.7 Å². The molecule has 3 heteroatoms. The third kappa shape index (κ3) is 2.00. The molecule has 2 aromatic rings. The molecule has 0 fully saturated rings. The SMILES string of the molecule is N#Cc1cc(-c2ccc(F)cc2)ccn1. The average Bonchev–Trinajstić information content (AvgIpc) is 2.30. The molecule has 2 nitrogen and oxygen atoms in total.